The maximum Gasteiger partial charge on any atom is 0.319 e. The highest BCUT2D eigenvalue weighted by molar-refractivity contribution is 5.89. The second-order valence-corrected chi connectivity index (χ2v) is 5.32. The van der Waals surface area contributed by atoms with E-state index >= 15 is 0 Å². The smallest absolute Gasteiger partial charge is 0.319 e. The van der Waals surface area contributed by atoms with Crippen molar-refractivity contribution in [2.45, 2.75) is 37.7 Å². The highest BCUT2D eigenvalue weighted by Gasteiger charge is 2.29. The fourth-order valence-electron chi connectivity index (χ4n) is 2.51. The molecule has 0 saturated heterocycles. The van der Waals surface area contributed by atoms with Gasteiger partial charge in [0.1, 0.15) is 5.75 Å². The molecule has 0 aliphatic heterocycles. The van der Waals surface area contributed by atoms with E-state index in [0.29, 0.717) is 18.0 Å². The summed E-state index contributed by atoms with van der Waals surface area (Å²) in [6.07, 6.45) is 4.72. The van der Waals surface area contributed by atoms with Gasteiger partial charge in [-0.25, -0.2) is 4.79 Å². The molecule has 0 atom stereocenters. The van der Waals surface area contributed by atoms with Crippen LogP contribution in [0.5, 0.6) is 5.75 Å². The molecule has 1 aromatic rings. The highest BCUT2D eigenvalue weighted by atomic mass is 16.5. The summed E-state index contributed by atoms with van der Waals surface area (Å²) in [5.41, 5.74) is -0.0817. The SMILES string of the molecule is COc1cccc(NC(=O)NCC2(O)CCCCC2)c1. The number of ether oxygens (including phenoxy) is 1. The molecule has 0 heterocycles. The number of amides is 2. The first-order valence-corrected chi connectivity index (χ1v) is 7.03. The number of carbonyl (C=O) groups excluding carboxylic acids is 1. The summed E-state index contributed by atoms with van der Waals surface area (Å²) < 4.78 is 5.10. The Labute approximate surface area is 119 Å². The van der Waals surface area contributed by atoms with Gasteiger partial charge in [-0.3, -0.25) is 0 Å². The fraction of sp³-hybridized carbons (Fsp3) is 0.533. The van der Waals surface area contributed by atoms with Gasteiger partial charge in [0, 0.05) is 18.3 Å². The minimum Gasteiger partial charge on any atom is -0.497 e. The lowest BCUT2D eigenvalue weighted by Crippen LogP contribution is -2.45. The largest absolute Gasteiger partial charge is 0.497 e. The standard InChI is InChI=1S/C15H22N2O3/c1-20-13-7-5-6-12(10-13)17-14(18)16-11-15(19)8-3-2-4-9-15/h5-7,10,19H,2-4,8-9,11H2,1H3,(H2,16,17,18). The van der Waals surface area contributed by atoms with Crippen LogP contribution in [0.15, 0.2) is 24.3 Å². The quantitative estimate of drug-likeness (QED) is 0.792. The van der Waals surface area contributed by atoms with Crippen LogP contribution in [0.2, 0.25) is 0 Å². The van der Waals surface area contributed by atoms with Crippen LogP contribution in [-0.2, 0) is 0 Å². The van der Waals surface area contributed by atoms with E-state index in [0.717, 1.165) is 32.1 Å². The Balaban J connectivity index is 1.82. The van der Waals surface area contributed by atoms with E-state index in [1.54, 1.807) is 19.2 Å². The van der Waals surface area contributed by atoms with Crippen molar-refractivity contribution in [3.63, 3.8) is 0 Å². The third-order valence-electron chi connectivity index (χ3n) is 3.69. The van der Waals surface area contributed by atoms with Gasteiger partial charge in [-0.05, 0) is 25.0 Å². The highest BCUT2D eigenvalue weighted by Crippen LogP contribution is 2.27. The van der Waals surface area contributed by atoms with Crippen molar-refractivity contribution in [1.82, 2.24) is 5.32 Å². The van der Waals surface area contributed by atoms with Crippen LogP contribution in [0.4, 0.5) is 10.5 Å². The summed E-state index contributed by atoms with van der Waals surface area (Å²) in [6, 6.07) is 6.85. The minimum absolute atomic E-state index is 0.294. The topological polar surface area (TPSA) is 70.6 Å². The number of anilines is 1. The lowest BCUT2D eigenvalue weighted by molar-refractivity contribution is 0.00755. The Hall–Kier alpha value is -1.75. The third kappa shape index (κ3) is 4.13. The number of benzene rings is 1. The first-order chi connectivity index (χ1) is 9.61. The van der Waals surface area contributed by atoms with Crippen molar-refractivity contribution >= 4 is 11.7 Å². The van der Waals surface area contributed by atoms with E-state index in [1.807, 2.05) is 12.1 Å². The molecule has 0 unspecified atom stereocenters. The summed E-state index contributed by atoms with van der Waals surface area (Å²) in [6.45, 7) is 0.294. The number of urea groups is 1. The molecule has 1 saturated carbocycles. The summed E-state index contributed by atoms with van der Waals surface area (Å²) in [7, 11) is 1.58. The molecule has 3 N–H and O–H groups in total. The summed E-state index contributed by atoms with van der Waals surface area (Å²) in [5.74, 6) is 0.689. The van der Waals surface area contributed by atoms with Crippen molar-refractivity contribution in [3.05, 3.63) is 24.3 Å². The second kappa shape index (κ2) is 6.61. The Morgan fingerprint density at radius 1 is 1.35 bits per heavy atom. The van der Waals surface area contributed by atoms with E-state index in [9.17, 15) is 9.90 Å². The van der Waals surface area contributed by atoms with Crippen LogP contribution >= 0.6 is 0 Å². The molecule has 1 aliphatic rings. The molecule has 20 heavy (non-hydrogen) atoms. The molecular weight excluding hydrogens is 256 g/mol. The monoisotopic (exact) mass is 278 g/mol. The maximum absolute atomic E-state index is 11.8. The number of hydrogen-bond acceptors (Lipinski definition) is 3. The van der Waals surface area contributed by atoms with Crippen LogP contribution in [-0.4, -0.2) is 30.4 Å². The van der Waals surface area contributed by atoms with Crippen molar-refractivity contribution in [1.29, 1.82) is 0 Å². The summed E-state index contributed by atoms with van der Waals surface area (Å²) >= 11 is 0. The van der Waals surface area contributed by atoms with Crippen LogP contribution in [0, 0.1) is 0 Å². The predicted molar refractivity (Wildman–Crippen MR) is 78.1 cm³/mol. The molecule has 0 aromatic heterocycles. The van der Waals surface area contributed by atoms with Gasteiger partial charge < -0.3 is 20.5 Å². The molecule has 2 amide bonds. The molecule has 0 radical (unpaired) electrons. The molecule has 1 aliphatic carbocycles. The van der Waals surface area contributed by atoms with E-state index in [2.05, 4.69) is 10.6 Å². The number of rotatable bonds is 4. The zero-order valence-electron chi connectivity index (χ0n) is 11.8. The van der Waals surface area contributed by atoms with Gasteiger partial charge in [-0.15, -0.1) is 0 Å². The van der Waals surface area contributed by atoms with E-state index < -0.39 is 5.60 Å². The summed E-state index contributed by atoms with van der Waals surface area (Å²) in [4.78, 5) is 11.8. The third-order valence-corrected chi connectivity index (χ3v) is 3.69. The molecule has 0 bridgehead atoms. The van der Waals surface area contributed by atoms with Crippen LogP contribution in [0.1, 0.15) is 32.1 Å². The molecule has 1 aromatic carbocycles. The molecule has 1 fully saturated rings. The Morgan fingerprint density at radius 2 is 2.10 bits per heavy atom. The van der Waals surface area contributed by atoms with E-state index in [-0.39, 0.29) is 6.03 Å². The first kappa shape index (κ1) is 14.7. The van der Waals surface area contributed by atoms with Crippen LogP contribution in [0.3, 0.4) is 0 Å². The Morgan fingerprint density at radius 3 is 2.80 bits per heavy atom. The molecule has 5 heteroatoms. The summed E-state index contributed by atoms with van der Waals surface area (Å²) in [5, 5.41) is 15.8. The van der Waals surface area contributed by atoms with Crippen molar-refractivity contribution in [2.75, 3.05) is 19.0 Å². The normalized spacial score (nSPS) is 17.3. The van der Waals surface area contributed by atoms with Crippen molar-refractivity contribution in [3.8, 4) is 5.75 Å². The lowest BCUT2D eigenvalue weighted by atomic mass is 9.85. The minimum atomic E-state index is -0.746. The van der Waals surface area contributed by atoms with Gasteiger partial charge in [0.05, 0.1) is 12.7 Å². The van der Waals surface area contributed by atoms with Gasteiger partial charge >= 0.3 is 6.03 Å². The zero-order valence-corrected chi connectivity index (χ0v) is 11.8. The fourth-order valence-corrected chi connectivity index (χ4v) is 2.51. The Bertz CT molecular complexity index is 456. The number of nitrogens with one attached hydrogen (secondary N) is 2. The number of aliphatic hydroxyl groups is 1. The van der Waals surface area contributed by atoms with Crippen molar-refractivity contribution in [2.24, 2.45) is 0 Å². The lowest BCUT2D eigenvalue weighted by Gasteiger charge is -2.32. The maximum atomic E-state index is 11.8. The molecular formula is C15H22N2O3. The molecule has 5 nitrogen and oxygen atoms in total. The molecule has 2 rings (SSSR count). The predicted octanol–water partition coefficient (Wildman–Crippen LogP) is 2.51. The zero-order chi connectivity index (χ0) is 14.4. The van der Waals surface area contributed by atoms with Gasteiger partial charge in [0.15, 0.2) is 0 Å². The first-order valence-electron chi connectivity index (χ1n) is 7.03. The van der Waals surface area contributed by atoms with Gasteiger partial charge in [0.25, 0.3) is 0 Å². The second-order valence-electron chi connectivity index (χ2n) is 5.32. The van der Waals surface area contributed by atoms with Crippen LogP contribution < -0.4 is 15.4 Å². The number of hydrogen-bond donors (Lipinski definition) is 3. The van der Waals surface area contributed by atoms with E-state index in [1.165, 1.54) is 0 Å². The average molecular weight is 278 g/mol. The molecule has 110 valence electrons. The van der Waals surface area contributed by atoms with Crippen molar-refractivity contribution < 1.29 is 14.6 Å². The van der Waals surface area contributed by atoms with Gasteiger partial charge in [-0.1, -0.05) is 25.3 Å². The number of methoxy groups -OCH3 is 1. The Kier molecular flexibility index (Phi) is 4.84. The van der Waals surface area contributed by atoms with Crippen LogP contribution in [0.25, 0.3) is 0 Å². The molecule has 0 spiro atoms. The van der Waals surface area contributed by atoms with E-state index in [4.69, 9.17) is 4.74 Å². The van der Waals surface area contributed by atoms with Gasteiger partial charge in [0.2, 0.25) is 0 Å². The number of carbonyl (C=O) groups is 1. The van der Waals surface area contributed by atoms with Gasteiger partial charge in [-0.2, -0.15) is 0 Å². The average Bonchev–Trinajstić information content (AvgIpc) is 2.46.